The Balaban J connectivity index is 2.00. The first-order chi connectivity index (χ1) is 13.2. The molecule has 144 valence electrons. The van der Waals surface area contributed by atoms with Gasteiger partial charge >= 0.3 is 18.1 Å². The van der Waals surface area contributed by atoms with Crippen molar-refractivity contribution in [1.82, 2.24) is 19.7 Å². The highest BCUT2D eigenvalue weighted by Gasteiger charge is 2.42. The third-order valence-corrected chi connectivity index (χ3v) is 3.70. The van der Waals surface area contributed by atoms with E-state index in [2.05, 4.69) is 19.8 Å². The summed E-state index contributed by atoms with van der Waals surface area (Å²) in [7, 11) is 0. The second kappa shape index (κ2) is 7.18. The maximum Gasteiger partial charge on any atom is 0.491 e. The summed E-state index contributed by atoms with van der Waals surface area (Å²) in [5.74, 6) is -4.49. The molecule has 2 heterocycles. The third kappa shape index (κ3) is 3.87. The zero-order valence-electron chi connectivity index (χ0n) is 14.2. The van der Waals surface area contributed by atoms with Crippen LogP contribution >= 0.6 is 0 Å². The zero-order valence-corrected chi connectivity index (χ0v) is 14.2. The minimum absolute atomic E-state index is 0.0285. The van der Waals surface area contributed by atoms with E-state index >= 15 is 0 Å². The Morgan fingerprint density at radius 1 is 1.11 bits per heavy atom. The molecule has 0 bridgehead atoms. The number of nitrogens with zero attached hydrogens (tertiary/aromatic N) is 4. The van der Waals surface area contributed by atoms with Crippen molar-refractivity contribution in [2.45, 2.75) is 19.6 Å². The molecule has 0 fully saturated rings. The molecule has 11 heteroatoms. The number of carbonyl (C=O) groups is 3. The zero-order chi connectivity index (χ0) is 20.5. The topological polar surface area (TPSA) is 104 Å². The van der Waals surface area contributed by atoms with Crippen molar-refractivity contribution in [2.24, 2.45) is 0 Å². The van der Waals surface area contributed by atoms with E-state index in [9.17, 15) is 27.6 Å². The number of ketones is 1. The van der Waals surface area contributed by atoms with E-state index in [1.54, 1.807) is 18.2 Å². The van der Waals surface area contributed by atoms with Crippen LogP contribution in [0.25, 0.3) is 22.0 Å². The molecular weight excluding hydrogens is 381 g/mol. The summed E-state index contributed by atoms with van der Waals surface area (Å²) in [6, 6.07) is 4.85. The lowest BCUT2D eigenvalue weighted by Gasteiger charge is -2.07. The Hall–Kier alpha value is -3.63. The van der Waals surface area contributed by atoms with Crippen LogP contribution in [0, 0.1) is 0 Å². The molecule has 0 unspecified atom stereocenters. The molecule has 3 rings (SSSR count). The molecule has 0 amide bonds. The molecule has 0 atom stereocenters. The fraction of sp³-hybridized carbons (Fsp3) is 0.176. The van der Waals surface area contributed by atoms with Gasteiger partial charge in [-0.3, -0.25) is 9.48 Å². The molecule has 0 saturated carbocycles. The molecule has 0 spiro atoms. The van der Waals surface area contributed by atoms with Crippen molar-refractivity contribution in [1.29, 1.82) is 0 Å². The number of rotatable bonds is 4. The first kappa shape index (κ1) is 19.1. The van der Waals surface area contributed by atoms with E-state index in [4.69, 9.17) is 0 Å². The Morgan fingerprint density at radius 2 is 1.79 bits per heavy atom. The molecular formula is C17H11F3N4O4. The summed E-state index contributed by atoms with van der Waals surface area (Å²) in [5.41, 5.74) is 1.59. The molecule has 0 aliphatic rings. The van der Waals surface area contributed by atoms with Gasteiger partial charge in [-0.05, 0) is 17.7 Å². The molecule has 0 aliphatic carbocycles. The second-order valence-corrected chi connectivity index (χ2v) is 5.68. The number of fused-ring (bicyclic) bond motifs is 1. The first-order valence-electron chi connectivity index (χ1n) is 7.75. The van der Waals surface area contributed by atoms with E-state index in [1.165, 1.54) is 25.6 Å². The van der Waals surface area contributed by atoms with Crippen LogP contribution in [-0.2, 0) is 20.9 Å². The van der Waals surface area contributed by atoms with Gasteiger partial charge in [0.2, 0.25) is 0 Å². The second-order valence-electron chi connectivity index (χ2n) is 5.68. The lowest BCUT2D eigenvalue weighted by molar-refractivity contribution is -0.202. The van der Waals surface area contributed by atoms with Crippen molar-refractivity contribution in [3.8, 4) is 11.1 Å². The number of esters is 2. The smallest absolute Gasteiger partial charge is 0.385 e. The first-order valence-corrected chi connectivity index (χ1v) is 7.75. The van der Waals surface area contributed by atoms with Gasteiger partial charge in [-0.15, -0.1) is 0 Å². The SMILES string of the molecule is CC(=O)c1nn(CC(=O)OC(=O)C(F)(F)F)c2cc(-c3cncnc3)ccc12. The van der Waals surface area contributed by atoms with Crippen molar-refractivity contribution >= 4 is 28.6 Å². The highest BCUT2D eigenvalue weighted by Crippen LogP contribution is 2.26. The van der Waals surface area contributed by atoms with Gasteiger partial charge in [-0.25, -0.2) is 19.6 Å². The molecule has 28 heavy (non-hydrogen) atoms. The van der Waals surface area contributed by atoms with E-state index in [0.717, 1.165) is 4.68 Å². The van der Waals surface area contributed by atoms with Gasteiger partial charge in [0.05, 0.1) is 5.52 Å². The summed E-state index contributed by atoms with van der Waals surface area (Å²) in [6.45, 7) is 0.469. The van der Waals surface area contributed by atoms with Gasteiger partial charge in [-0.1, -0.05) is 6.07 Å². The quantitative estimate of drug-likeness (QED) is 0.381. The van der Waals surface area contributed by atoms with Crippen LogP contribution in [0.4, 0.5) is 13.2 Å². The standard InChI is InChI=1S/C17H11F3N4O4/c1-9(25)15-12-3-2-10(11-5-21-8-22-6-11)4-13(12)24(23-15)7-14(26)28-16(27)17(18,19)20/h2-6,8H,7H2,1H3. The predicted molar refractivity (Wildman–Crippen MR) is 87.9 cm³/mol. The number of alkyl halides is 3. The maximum atomic E-state index is 12.2. The highest BCUT2D eigenvalue weighted by atomic mass is 19.4. The van der Waals surface area contributed by atoms with Gasteiger partial charge in [0, 0.05) is 30.3 Å². The Morgan fingerprint density at radius 3 is 2.39 bits per heavy atom. The van der Waals surface area contributed by atoms with Gasteiger partial charge in [0.15, 0.2) is 5.78 Å². The maximum absolute atomic E-state index is 12.2. The largest absolute Gasteiger partial charge is 0.491 e. The van der Waals surface area contributed by atoms with Crippen LogP contribution in [0.5, 0.6) is 0 Å². The lowest BCUT2D eigenvalue weighted by Crippen LogP contribution is -2.29. The predicted octanol–water partition coefficient (Wildman–Crippen LogP) is 2.33. The molecule has 3 aromatic rings. The number of ether oxygens (including phenoxy) is 1. The van der Waals surface area contributed by atoms with Crippen LogP contribution in [0.15, 0.2) is 36.9 Å². The number of Topliss-reactive ketones (excluding diaryl/α,β-unsaturated/α-hetero) is 1. The number of hydrogen-bond donors (Lipinski definition) is 0. The molecule has 0 aliphatic heterocycles. The van der Waals surface area contributed by atoms with Gasteiger partial charge < -0.3 is 4.74 Å². The number of hydrogen-bond acceptors (Lipinski definition) is 7. The van der Waals surface area contributed by atoms with Crippen molar-refractivity contribution in [3.05, 3.63) is 42.6 Å². The fourth-order valence-corrected chi connectivity index (χ4v) is 2.50. The summed E-state index contributed by atoms with van der Waals surface area (Å²) in [5, 5.41) is 4.37. The van der Waals surface area contributed by atoms with Crippen LogP contribution in [-0.4, -0.2) is 43.6 Å². The molecule has 2 aromatic heterocycles. The molecule has 0 saturated heterocycles. The van der Waals surface area contributed by atoms with Gasteiger partial charge in [-0.2, -0.15) is 18.3 Å². The number of carbonyl (C=O) groups excluding carboxylic acids is 3. The van der Waals surface area contributed by atoms with Crippen molar-refractivity contribution in [3.63, 3.8) is 0 Å². The average Bonchev–Trinajstić information content (AvgIpc) is 2.99. The summed E-state index contributed by atoms with van der Waals surface area (Å²) in [6.07, 6.45) is -0.880. The molecule has 0 radical (unpaired) electrons. The molecule has 1 aromatic carbocycles. The number of halogens is 3. The van der Waals surface area contributed by atoms with Crippen molar-refractivity contribution < 1.29 is 32.3 Å². The van der Waals surface area contributed by atoms with E-state index in [-0.39, 0.29) is 5.69 Å². The molecule has 0 N–H and O–H groups in total. The Bertz CT molecular complexity index is 1080. The third-order valence-electron chi connectivity index (χ3n) is 3.70. The Kier molecular flexibility index (Phi) is 4.91. The summed E-state index contributed by atoms with van der Waals surface area (Å²) >= 11 is 0. The van der Waals surface area contributed by atoms with Gasteiger partial charge in [0.25, 0.3) is 0 Å². The monoisotopic (exact) mass is 392 g/mol. The van der Waals surface area contributed by atoms with Crippen LogP contribution in [0.3, 0.4) is 0 Å². The summed E-state index contributed by atoms with van der Waals surface area (Å²) in [4.78, 5) is 42.2. The normalized spacial score (nSPS) is 11.4. The lowest BCUT2D eigenvalue weighted by atomic mass is 10.1. The fourth-order valence-electron chi connectivity index (χ4n) is 2.50. The van der Waals surface area contributed by atoms with E-state index < -0.39 is 30.4 Å². The van der Waals surface area contributed by atoms with Crippen LogP contribution < -0.4 is 0 Å². The van der Waals surface area contributed by atoms with E-state index in [0.29, 0.717) is 22.0 Å². The summed E-state index contributed by atoms with van der Waals surface area (Å²) < 4.78 is 41.5. The minimum Gasteiger partial charge on any atom is -0.385 e. The van der Waals surface area contributed by atoms with E-state index in [1.807, 2.05) is 0 Å². The minimum atomic E-state index is -5.30. The molecule has 8 nitrogen and oxygen atoms in total. The number of aromatic nitrogens is 4. The number of benzene rings is 1. The van der Waals surface area contributed by atoms with Crippen molar-refractivity contribution in [2.75, 3.05) is 0 Å². The van der Waals surface area contributed by atoms with Gasteiger partial charge in [0.1, 0.15) is 18.6 Å². The van der Waals surface area contributed by atoms with Crippen LogP contribution in [0.1, 0.15) is 17.4 Å². The van der Waals surface area contributed by atoms with Crippen LogP contribution in [0.2, 0.25) is 0 Å². The average molecular weight is 392 g/mol. The Labute approximate surface area is 155 Å². The highest BCUT2D eigenvalue weighted by molar-refractivity contribution is 6.05.